The highest BCUT2D eigenvalue weighted by atomic mass is 14.2. The zero-order valence-corrected chi connectivity index (χ0v) is 31.9. The van der Waals surface area contributed by atoms with Crippen molar-refractivity contribution in [2.24, 2.45) is 0 Å². The molecule has 0 nitrogen and oxygen atoms in total. The number of allylic oxidation sites excluding steroid dienone is 14. The molecule has 0 unspecified atom stereocenters. The summed E-state index contributed by atoms with van der Waals surface area (Å²) in [7, 11) is 0. The number of aryl methyl sites for hydroxylation is 1. The molecule has 0 aliphatic heterocycles. The molecule has 0 saturated carbocycles. The topological polar surface area (TPSA) is 0 Å². The van der Waals surface area contributed by atoms with Crippen molar-refractivity contribution in [1.29, 1.82) is 0 Å². The van der Waals surface area contributed by atoms with Crippen molar-refractivity contribution < 1.29 is 0 Å². The second-order valence-electron chi connectivity index (χ2n) is 13.9. The molecule has 1 aliphatic rings. The van der Waals surface area contributed by atoms with Gasteiger partial charge in [0.05, 0.1) is 0 Å². The van der Waals surface area contributed by atoms with Gasteiger partial charge in [0.1, 0.15) is 0 Å². The van der Waals surface area contributed by atoms with Crippen molar-refractivity contribution in [3.05, 3.63) is 226 Å². The molecule has 5 aromatic carbocycles. The van der Waals surface area contributed by atoms with Crippen LogP contribution in [0.4, 0.5) is 0 Å². The van der Waals surface area contributed by atoms with Crippen LogP contribution < -0.4 is 10.4 Å². The lowest BCUT2D eigenvalue weighted by molar-refractivity contribution is 1.03. The molecule has 0 fully saturated rings. The quantitative estimate of drug-likeness (QED) is 0.135. The Bertz CT molecular complexity index is 2490. The van der Waals surface area contributed by atoms with E-state index < -0.39 is 0 Å². The van der Waals surface area contributed by atoms with Crippen LogP contribution in [0.15, 0.2) is 199 Å². The first-order valence-corrected chi connectivity index (χ1v) is 18.7. The van der Waals surface area contributed by atoms with Crippen molar-refractivity contribution in [3.8, 4) is 11.1 Å². The van der Waals surface area contributed by atoms with Gasteiger partial charge in [0.15, 0.2) is 0 Å². The Morgan fingerprint density at radius 2 is 1.19 bits per heavy atom. The first-order chi connectivity index (χ1) is 25.8. The van der Waals surface area contributed by atoms with E-state index in [1.807, 2.05) is 6.08 Å². The normalized spacial score (nSPS) is 18.5. The summed E-state index contributed by atoms with van der Waals surface area (Å²) in [6.07, 6.45) is 19.7. The van der Waals surface area contributed by atoms with Crippen molar-refractivity contribution in [3.63, 3.8) is 0 Å². The van der Waals surface area contributed by atoms with Crippen LogP contribution in [0, 0.1) is 6.92 Å². The minimum atomic E-state index is 0.946. The molecule has 0 spiro atoms. The van der Waals surface area contributed by atoms with E-state index in [0.717, 1.165) is 34.8 Å². The van der Waals surface area contributed by atoms with Crippen molar-refractivity contribution in [2.45, 2.75) is 47.5 Å². The minimum Gasteiger partial charge on any atom is -0.0984 e. The molecule has 0 amide bonds. The lowest BCUT2D eigenvalue weighted by Gasteiger charge is -2.17. The van der Waals surface area contributed by atoms with Crippen LogP contribution in [0.2, 0.25) is 0 Å². The van der Waals surface area contributed by atoms with Gasteiger partial charge in [-0.1, -0.05) is 170 Å². The fourth-order valence-electron chi connectivity index (χ4n) is 7.26. The third-order valence-corrected chi connectivity index (χ3v) is 10.2. The number of rotatable bonds is 9. The molecular formula is C53H50. The summed E-state index contributed by atoms with van der Waals surface area (Å²) in [5.74, 6) is 0. The van der Waals surface area contributed by atoms with Gasteiger partial charge >= 0.3 is 0 Å². The van der Waals surface area contributed by atoms with E-state index in [4.69, 9.17) is 6.58 Å². The molecule has 0 saturated heterocycles. The fourth-order valence-corrected chi connectivity index (χ4v) is 7.26. The van der Waals surface area contributed by atoms with Gasteiger partial charge < -0.3 is 0 Å². The minimum absolute atomic E-state index is 0.946. The Hall–Kier alpha value is -5.98. The molecule has 0 bridgehead atoms. The average molecular weight is 687 g/mol. The molecule has 262 valence electrons. The Kier molecular flexibility index (Phi) is 11.8. The van der Waals surface area contributed by atoms with E-state index in [9.17, 15) is 0 Å². The third kappa shape index (κ3) is 8.57. The number of hydrogen-bond acceptors (Lipinski definition) is 0. The largest absolute Gasteiger partial charge is 0.0984 e. The predicted octanol–water partition coefficient (Wildman–Crippen LogP) is 13.2. The second-order valence-corrected chi connectivity index (χ2v) is 13.9. The van der Waals surface area contributed by atoms with E-state index in [-0.39, 0.29) is 0 Å². The Morgan fingerprint density at radius 1 is 0.585 bits per heavy atom. The number of fused-ring (bicyclic) bond motifs is 2. The van der Waals surface area contributed by atoms with E-state index in [1.165, 1.54) is 71.7 Å². The molecule has 0 aromatic heterocycles. The summed E-state index contributed by atoms with van der Waals surface area (Å²) >= 11 is 0. The lowest BCUT2D eigenvalue weighted by Crippen LogP contribution is -2.31. The van der Waals surface area contributed by atoms with Gasteiger partial charge in [0.25, 0.3) is 0 Å². The average Bonchev–Trinajstić information content (AvgIpc) is 3.18. The summed E-state index contributed by atoms with van der Waals surface area (Å²) in [6.45, 7) is 20.0. The van der Waals surface area contributed by atoms with Gasteiger partial charge in [-0.25, -0.2) is 0 Å². The molecule has 0 heterocycles. The fraction of sp³-hybridized carbons (Fsp3) is 0.132. The maximum Gasteiger partial charge on any atom is -0.00791 e. The SMILES string of the molecule is C=CC(=C\C=C(/C)c1ccccc1)/C1=c2\cc(-c3ccc4cc(C)ccc4c3)cc\c2=C(C(=C)/C=C\C(=C/C)c2ccccc2)\C(C)=C\CC\C=C\1C. The second kappa shape index (κ2) is 17.0. The van der Waals surface area contributed by atoms with Crippen LogP contribution in [0.25, 0.3) is 44.2 Å². The van der Waals surface area contributed by atoms with Crippen molar-refractivity contribution >= 4 is 33.1 Å². The first kappa shape index (κ1) is 36.8. The predicted molar refractivity (Wildman–Crippen MR) is 234 cm³/mol. The molecule has 0 N–H and O–H groups in total. The van der Waals surface area contributed by atoms with Crippen LogP contribution in [0.1, 0.15) is 57.2 Å². The Balaban J connectivity index is 1.66. The van der Waals surface area contributed by atoms with Crippen LogP contribution in [-0.4, -0.2) is 0 Å². The molecule has 0 heteroatoms. The lowest BCUT2D eigenvalue weighted by atomic mass is 9.87. The van der Waals surface area contributed by atoms with E-state index in [2.05, 4.69) is 199 Å². The first-order valence-electron chi connectivity index (χ1n) is 18.7. The van der Waals surface area contributed by atoms with Crippen molar-refractivity contribution in [1.82, 2.24) is 0 Å². The van der Waals surface area contributed by atoms with Gasteiger partial charge in [-0.05, 0) is 148 Å². The highest BCUT2D eigenvalue weighted by Crippen LogP contribution is 2.29. The molecule has 6 rings (SSSR count). The molecule has 0 radical (unpaired) electrons. The third-order valence-electron chi connectivity index (χ3n) is 10.2. The maximum absolute atomic E-state index is 4.72. The van der Waals surface area contributed by atoms with E-state index in [0.29, 0.717) is 0 Å². The smallest absolute Gasteiger partial charge is 0.00791 e. The molecule has 1 aliphatic carbocycles. The van der Waals surface area contributed by atoms with E-state index in [1.54, 1.807) is 0 Å². The van der Waals surface area contributed by atoms with Gasteiger partial charge in [-0.3, -0.25) is 0 Å². The summed E-state index contributed by atoms with van der Waals surface area (Å²) in [5.41, 5.74) is 15.3. The van der Waals surface area contributed by atoms with Gasteiger partial charge in [-0.15, -0.1) is 0 Å². The van der Waals surface area contributed by atoms with Gasteiger partial charge in [-0.2, -0.15) is 0 Å². The summed E-state index contributed by atoms with van der Waals surface area (Å²) < 4.78 is 0. The molecule has 0 atom stereocenters. The highest BCUT2D eigenvalue weighted by molar-refractivity contribution is 5.90. The zero-order chi connectivity index (χ0) is 37.3. The monoisotopic (exact) mass is 686 g/mol. The highest BCUT2D eigenvalue weighted by Gasteiger charge is 2.14. The molecular weight excluding hydrogens is 637 g/mol. The van der Waals surface area contributed by atoms with E-state index >= 15 is 0 Å². The standard InChI is InChI=1S/C53H50/c1-8-42(45-22-14-11-15-23-45)28-26-41(7)52-39(5)18-16-17-19-40(6)53(43(9-2)29-25-38(4)44-20-12-10-13-21-44)51-36-49(32-33-50(51)52)48-31-30-46-34-37(3)24-27-47(46)35-48/h8-15,18-36H,2,7,16-17H2,1,3-6H3/b28-26-,38-25+,39-18+,40-19+,42-8+,43-29+,52-50+,53-51+. The summed E-state index contributed by atoms with van der Waals surface area (Å²) in [4.78, 5) is 0. The Morgan fingerprint density at radius 3 is 1.87 bits per heavy atom. The number of hydrogen-bond donors (Lipinski definition) is 0. The Labute approximate surface area is 317 Å². The van der Waals surface area contributed by atoms with Crippen LogP contribution in [-0.2, 0) is 0 Å². The number of benzene rings is 5. The van der Waals surface area contributed by atoms with Gasteiger partial charge in [0, 0.05) is 0 Å². The van der Waals surface area contributed by atoms with Crippen LogP contribution >= 0.6 is 0 Å². The van der Waals surface area contributed by atoms with Gasteiger partial charge in [0.2, 0.25) is 0 Å². The van der Waals surface area contributed by atoms with Crippen LogP contribution in [0.5, 0.6) is 0 Å². The maximum atomic E-state index is 4.72. The van der Waals surface area contributed by atoms with Crippen LogP contribution in [0.3, 0.4) is 0 Å². The summed E-state index contributed by atoms with van der Waals surface area (Å²) in [6, 6.07) is 41.6. The molecule has 5 aromatic rings. The zero-order valence-electron chi connectivity index (χ0n) is 31.9. The molecule has 53 heavy (non-hydrogen) atoms. The summed E-state index contributed by atoms with van der Waals surface area (Å²) in [5, 5.41) is 4.83. The van der Waals surface area contributed by atoms with Crippen molar-refractivity contribution in [2.75, 3.05) is 0 Å².